The fourth-order valence-electron chi connectivity index (χ4n) is 1.10. The first-order valence-corrected chi connectivity index (χ1v) is 4.81. The second-order valence-electron chi connectivity index (χ2n) is 2.79. The molecule has 4 nitrogen and oxygen atoms in total. The van der Waals surface area contributed by atoms with E-state index in [1.54, 1.807) is 12.3 Å². The zero-order valence-electron chi connectivity index (χ0n) is 7.16. The molecule has 2 rings (SSSR count). The average molecular weight is 255 g/mol. The van der Waals surface area contributed by atoms with E-state index in [1.165, 1.54) is 0 Å². The Kier molecular flexibility index (Phi) is 2.49. The van der Waals surface area contributed by atoms with Crippen molar-refractivity contribution in [1.29, 1.82) is 0 Å². The summed E-state index contributed by atoms with van der Waals surface area (Å²) in [5.74, 6) is 0.816. The van der Waals surface area contributed by atoms with E-state index >= 15 is 0 Å². The predicted molar refractivity (Wildman–Crippen MR) is 54.1 cm³/mol. The Hall–Kier alpha value is -1.36. The van der Waals surface area contributed by atoms with E-state index in [1.807, 2.05) is 12.1 Å². The Morgan fingerprint density at radius 3 is 3.07 bits per heavy atom. The van der Waals surface area contributed by atoms with Gasteiger partial charge < -0.3 is 4.42 Å². The maximum atomic E-state index is 11.0. The monoisotopic (exact) mass is 254 g/mol. The van der Waals surface area contributed by atoms with Gasteiger partial charge >= 0.3 is 0 Å². The highest BCUT2D eigenvalue weighted by Gasteiger charge is 2.02. The summed E-state index contributed by atoms with van der Waals surface area (Å²) in [6.45, 7) is 0. The molecule has 0 fully saturated rings. The molecule has 0 atom stereocenters. The normalized spacial score (nSPS) is 10.4. The van der Waals surface area contributed by atoms with Crippen molar-refractivity contribution in [3.05, 3.63) is 50.7 Å². The van der Waals surface area contributed by atoms with Gasteiger partial charge in [0.05, 0.1) is 16.4 Å². The van der Waals surface area contributed by atoms with Gasteiger partial charge in [-0.15, -0.1) is 0 Å². The Morgan fingerprint density at radius 1 is 1.57 bits per heavy atom. The summed E-state index contributed by atoms with van der Waals surface area (Å²) in [4.78, 5) is 11.0. The summed E-state index contributed by atoms with van der Waals surface area (Å²) >= 11 is 3.14. The quantitative estimate of drug-likeness (QED) is 0.888. The predicted octanol–water partition coefficient (Wildman–Crippen LogP) is 1.72. The van der Waals surface area contributed by atoms with Crippen molar-refractivity contribution < 1.29 is 4.42 Å². The Balaban J connectivity index is 2.26. The van der Waals surface area contributed by atoms with Crippen LogP contribution in [0.25, 0.3) is 0 Å². The lowest BCUT2D eigenvalue weighted by atomic mass is 10.2. The van der Waals surface area contributed by atoms with E-state index in [0.29, 0.717) is 10.9 Å². The molecular weight excluding hydrogens is 248 g/mol. The van der Waals surface area contributed by atoms with Crippen LogP contribution in [0, 0.1) is 0 Å². The second-order valence-corrected chi connectivity index (χ2v) is 3.65. The molecule has 0 spiro atoms. The number of hydrogen-bond donors (Lipinski definition) is 1. The van der Waals surface area contributed by atoms with Gasteiger partial charge in [0.1, 0.15) is 5.76 Å². The van der Waals surface area contributed by atoms with Crippen LogP contribution in [-0.2, 0) is 6.42 Å². The number of halogens is 1. The van der Waals surface area contributed by atoms with Gasteiger partial charge in [-0.3, -0.25) is 4.79 Å². The molecule has 0 radical (unpaired) electrons. The lowest BCUT2D eigenvalue weighted by Gasteiger charge is -1.96. The van der Waals surface area contributed by atoms with Crippen molar-refractivity contribution >= 4 is 15.9 Å². The smallest absolute Gasteiger partial charge is 0.278 e. The van der Waals surface area contributed by atoms with E-state index in [4.69, 9.17) is 4.42 Å². The lowest BCUT2D eigenvalue weighted by Crippen LogP contribution is -2.10. The van der Waals surface area contributed by atoms with E-state index in [2.05, 4.69) is 26.1 Å². The molecule has 0 aliphatic heterocycles. The second kappa shape index (κ2) is 3.79. The minimum atomic E-state index is -0.229. The van der Waals surface area contributed by atoms with Crippen molar-refractivity contribution in [3.63, 3.8) is 0 Å². The molecule has 0 saturated carbocycles. The van der Waals surface area contributed by atoms with Crippen molar-refractivity contribution in [2.24, 2.45) is 0 Å². The molecule has 0 saturated heterocycles. The molecule has 14 heavy (non-hydrogen) atoms. The number of H-pyrrole nitrogens is 1. The van der Waals surface area contributed by atoms with Crippen molar-refractivity contribution in [2.75, 3.05) is 0 Å². The first-order chi connectivity index (χ1) is 6.75. The maximum absolute atomic E-state index is 11.0. The number of nitrogens with one attached hydrogen (secondary N) is 1. The largest absolute Gasteiger partial charge is 0.469 e. The van der Waals surface area contributed by atoms with E-state index in [0.717, 1.165) is 11.5 Å². The molecule has 0 aromatic carbocycles. The van der Waals surface area contributed by atoms with Crippen LogP contribution < -0.4 is 5.56 Å². The zero-order valence-corrected chi connectivity index (χ0v) is 8.74. The lowest BCUT2D eigenvalue weighted by molar-refractivity contribution is 0.518. The minimum absolute atomic E-state index is 0.229. The summed E-state index contributed by atoms with van der Waals surface area (Å²) in [6, 6.07) is 5.36. The van der Waals surface area contributed by atoms with Crippen molar-refractivity contribution in [3.8, 4) is 0 Å². The van der Waals surface area contributed by atoms with Gasteiger partial charge in [-0.1, -0.05) is 0 Å². The van der Waals surface area contributed by atoms with Gasteiger partial charge in [-0.2, -0.15) is 5.10 Å². The highest BCUT2D eigenvalue weighted by Crippen LogP contribution is 2.09. The molecule has 2 heterocycles. The molecule has 2 aromatic heterocycles. The van der Waals surface area contributed by atoms with Gasteiger partial charge in [-0.05, 0) is 34.1 Å². The maximum Gasteiger partial charge on any atom is 0.278 e. The summed E-state index contributed by atoms with van der Waals surface area (Å²) in [5.41, 5.74) is 0.527. The molecule has 1 N–H and O–H groups in total. The molecular formula is C9H7BrN2O2. The van der Waals surface area contributed by atoms with Gasteiger partial charge in [-0.25, -0.2) is 5.10 Å². The van der Waals surface area contributed by atoms with Gasteiger partial charge in [0.25, 0.3) is 5.56 Å². The van der Waals surface area contributed by atoms with Crippen LogP contribution in [-0.4, -0.2) is 10.2 Å². The number of aromatic nitrogens is 2. The molecule has 0 bridgehead atoms. The molecule has 0 unspecified atom stereocenters. The van der Waals surface area contributed by atoms with Gasteiger partial charge in [0.15, 0.2) is 0 Å². The number of furan rings is 1. The Morgan fingerprint density at radius 2 is 2.43 bits per heavy atom. The minimum Gasteiger partial charge on any atom is -0.469 e. The third kappa shape index (κ3) is 1.93. The van der Waals surface area contributed by atoms with E-state index in [9.17, 15) is 4.79 Å². The molecule has 72 valence electrons. The molecule has 5 heteroatoms. The molecule has 0 aliphatic rings. The third-order valence-electron chi connectivity index (χ3n) is 1.75. The fraction of sp³-hybridized carbons (Fsp3) is 0.111. The average Bonchev–Trinajstić information content (AvgIpc) is 2.64. The SMILES string of the molecule is O=c1[nH]nc(Cc2ccco2)cc1Br. The van der Waals surface area contributed by atoms with Crippen LogP contribution in [0.1, 0.15) is 11.5 Å². The molecule has 0 amide bonds. The highest BCUT2D eigenvalue weighted by atomic mass is 79.9. The van der Waals surface area contributed by atoms with Gasteiger partial charge in [0, 0.05) is 6.42 Å². The number of nitrogens with zero attached hydrogens (tertiary/aromatic N) is 1. The third-order valence-corrected chi connectivity index (χ3v) is 2.34. The molecule has 2 aromatic rings. The van der Waals surface area contributed by atoms with Gasteiger partial charge in [0.2, 0.25) is 0 Å². The zero-order chi connectivity index (χ0) is 9.97. The summed E-state index contributed by atoms with van der Waals surface area (Å²) < 4.78 is 5.64. The van der Waals surface area contributed by atoms with Crippen LogP contribution in [0.3, 0.4) is 0 Å². The van der Waals surface area contributed by atoms with E-state index in [-0.39, 0.29) is 5.56 Å². The van der Waals surface area contributed by atoms with Crippen LogP contribution in [0.2, 0.25) is 0 Å². The Labute approximate surface area is 88.1 Å². The molecule has 0 aliphatic carbocycles. The summed E-state index contributed by atoms with van der Waals surface area (Å²) in [7, 11) is 0. The van der Waals surface area contributed by atoms with Crippen molar-refractivity contribution in [1.82, 2.24) is 10.2 Å². The number of aromatic amines is 1. The van der Waals surface area contributed by atoms with Crippen LogP contribution >= 0.6 is 15.9 Å². The summed E-state index contributed by atoms with van der Waals surface area (Å²) in [6.07, 6.45) is 2.18. The number of rotatable bonds is 2. The first kappa shape index (κ1) is 9.21. The summed E-state index contributed by atoms with van der Waals surface area (Å²) in [5, 5.41) is 6.27. The Bertz CT molecular complexity index is 476. The number of hydrogen-bond acceptors (Lipinski definition) is 3. The van der Waals surface area contributed by atoms with Crippen LogP contribution in [0.4, 0.5) is 0 Å². The van der Waals surface area contributed by atoms with Crippen LogP contribution in [0.5, 0.6) is 0 Å². The highest BCUT2D eigenvalue weighted by molar-refractivity contribution is 9.10. The topological polar surface area (TPSA) is 58.9 Å². The first-order valence-electron chi connectivity index (χ1n) is 4.02. The van der Waals surface area contributed by atoms with E-state index < -0.39 is 0 Å². The van der Waals surface area contributed by atoms with Crippen molar-refractivity contribution in [2.45, 2.75) is 6.42 Å². The van der Waals surface area contributed by atoms with Crippen LogP contribution in [0.15, 0.2) is 38.1 Å². The standard InChI is InChI=1S/C9H7BrN2O2/c10-8-5-6(11-12-9(8)13)4-7-2-1-3-14-7/h1-3,5H,4H2,(H,12,13). The fourth-order valence-corrected chi connectivity index (χ4v) is 1.46.